The van der Waals surface area contributed by atoms with Crippen LogP contribution in [0.4, 0.5) is 10.5 Å². The van der Waals surface area contributed by atoms with Crippen LogP contribution in [0.5, 0.6) is 5.75 Å². The van der Waals surface area contributed by atoms with Crippen molar-refractivity contribution in [2.45, 2.75) is 59.7 Å². The van der Waals surface area contributed by atoms with Crippen molar-refractivity contribution >= 4 is 40.3 Å². The van der Waals surface area contributed by atoms with E-state index in [9.17, 15) is 19.5 Å². The van der Waals surface area contributed by atoms with E-state index in [2.05, 4.69) is 5.32 Å². The van der Waals surface area contributed by atoms with Crippen LogP contribution in [0, 0.1) is 5.41 Å². The Hall–Kier alpha value is -3.52. The molecule has 0 fully saturated rings. The highest BCUT2D eigenvalue weighted by Gasteiger charge is 2.47. The standard InChI is InChI=1S/C27H30ClNO7/c1-25(2,3)27(7,23(31)32)35-15-11-12-16-18(14-21(30)34-20(16)13-15)17-9-8-10-19(22(17)28)29-24(33)36-26(4,5)6/h8-14H,1-7H3,(H,29,33)(H,31,32)/t27-/m0/s1. The van der Waals surface area contributed by atoms with Crippen molar-refractivity contribution in [3.63, 3.8) is 0 Å². The van der Waals surface area contributed by atoms with Crippen LogP contribution in [0.25, 0.3) is 22.1 Å². The Balaban J connectivity index is 2.07. The maximum Gasteiger partial charge on any atom is 0.412 e. The van der Waals surface area contributed by atoms with Crippen molar-refractivity contribution in [1.29, 1.82) is 0 Å². The van der Waals surface area contributed by atoms with Crippen molar-refractivity contribution in [2.24, 2.45) is 5.41 Å². The van der Waals surface area contributed by atoms with E-state index in [4.69, 9.17) is 25.5 Å². The first-order valence-corrected chi connectivity index (χ1v) is 11.7. The second kappa shape index (κ2) is 9.50. The Morgan fingerprint density at radius 3 is 2.22 bits per heavy atom. The Morgan fingerprint density at radius 2 is 1.64 bits per heavy atom. The summed E-state index contributed by atoms with van der Waals surface area (Å²) >= 11 is 6.62. The molecule has 1 aromatic heterocycles. The molecule has 0 unspecified atom stereocenters. The molecule has 3 rings (SSSR count). The van der Waals surface area contributed by atoms with E-state index >= 15 is 0 Å². The van der Waals surface area contributed by atoms with Gasteiger partial charge in [0.05, 0.1) is 10.7 Å². The first-order valence-electron chi connectivity index (χ1n) is 11.3. The van der Waals surface area contributed by atoms with Crippen molar-refractivity contribution in [1.82, 2.24) is 0 Å². The number of anilines is 1. The zero-order valence-corrected chi connectivity index (χ0v) is 22.1. The molecule has 0 aliphatic carbocycles. The molecule has 192 valence electrons. The van der Waals surface area contributed by atoms with E-state index in [0.717, 1.165) is 0 Å². The number of carboxylic acid groups (broad SMARTS) is 1. The van der Waals surface area contributed by atoms with Crippen molar-refractivity contribution in [3.05, 3.63) is 57.9 Å². The van der Waals surface area contributed by atoms with Gasteiger partial charge in [-0.05, 0) is 45.9 Å². The molecule has 0 saturated carbocycles. The number of ether oxygens (including phenoxy) is 2. The van der Waals surface area contributed by atoms with Crippen LogP contribution in [0.15, 0.2) is 51.7 Å². The molecule has 8 nitrogen and oxygen atoms in total. The van der Waals surface area contributed by atoms with Crippen molar-refractivity contribution in [2.75, 3.05) is 5.32 Å². The predicted octanol–water partition coefficient (Wildman–Crippen LogP) is 6.73. The van der Waals surface area contributed by atoms with Crippen LogP contribution in [0.3, 0.4) is 0 Å². The van der Waals surface area contributed by atoms with Gasteiger partial charge in [-0.2, -0.15) is 0 Å². The SMILES string of the molecule is CC(C)(C)OC(=O)Nc1cccc(-c2cc(=O)oc3cc(O[C@@](C)(C(=O)O)C(C)(C)C)ccc23)c1Cl. The lowest BCUT2D eigenvalue weighted by atomic mass is 9.77. The topological polar surface area (TPSA) is 115 Å². The number of hydrogen-bond acceptors (Lipinski definition) is 6. The van der Waals surface area contributed by atoms with E-state index in [1.165, 1.54) is 19.1 Å². The highest BCUT2D eigenvalue weighted by Crippen LogP contribution is 2.39. The predicted molar refractivity (Wildman–Crippen MR) is 139 cm³/mol. The molecule has 0 bridgehead atoms. The lowest BCUT2D eigenvalue weighted by Crippen LogP contribution is -2.52. The van der Waals surface area contributed by atoms with E-state index < -0.39 is 34.3 Å². The molecule has 1 atom stereocenters. The summed E-state index contributed by atoms with van der Waals surface area (Å²) in [5.74, 6) is -0.888. The number of carboxylic acids is 1. The molecule has 0 spiro atoms. The minimum absolute atomic E-state index is 0.193. The smallest absolute Gasteiger partial charge is 0.412 e. The molecule has 36 heavy (non-hydrogen) atoms. The molecule has 0 saturated heterocycles. The summed E-state index contributed by atoms with van der Waals surface area (Å²) in [7, 11) is 0. The molecular formula is C27H30ClNO7. The van der Waals surface area contributed by atoms with Gasteiger partial charge in [0.2, 0.25) is 5.60 Å². The summed E-state index contributed by atoms with van der Waals surface area (Å²) < 4.78 is 16.6. The van der Waals surface area contributed by atoms with Gasteiger partial charge < -0.3 is 19.0 Å². The number of benzene rings is 2. The summed E-state index contributed by atoms with van der Waals surface area (Å²) in [6, 6.07) is 11.1. The number of nitrogens with one attached hydrogen (secondary N) is 1. The van der Waals surface area contributed by atoms with Gasteiger partial charge in [-0.25, -0.2) is 14.4 Å². The summed E-state index contributed by atoms with van der Waals surface area (Å²) in [6.07, 6.45) is -0.666. The molecule has 0 aliphatic heterocycles. The Bertz CT molecular complexity index is 1380. The third kappa shape index (κ3) is 5.65. The minimum atomic E-state index is -1.54. The molecule has 0 aliphatic rings. The highest BCUT2D eigenvalue weighted by atomic mass is 35.5. The monoisotopic (exact) mass is 515 g/mol. The number of rotatable bonds is 5. The van der Waals surface area contributed by atoms with Crippen LogP contribution in [-0.4, -0.2) is 28.4 Å². The molecule has 2 N–H and O–H groups in total. The van der Waals surface area contributed by atoms with Crippen LogP contribution in [-0.2, 0) is 9.53 Å². The Labute approximate surface area is 214 Å². The number of carbonyl (C=O) groups excluding carboxylic acids is 1. The molecule has 1 heterocycles. The van der Waals surface area contributed by atoms with Crippen LogP contribution in [0.2, 0.25) is 5.02 Å². The Morgan fingerprint density at radius 1 is 0.972 bits per heavy atom. The van der Waals surface area contributed by atoms with E-state index in [-0.39, 0.29) is 16.4 Å². The second-order valence-electron chi connectivity index (χ2n) is 10.6. The van der Waals surface area contributed by atoms with Crippen LogP contribution in [0.1, 0.15) is 48.5 Å². The molecule has 1 amide bonds. The number of halogens is 1. The van der Waals surface area contributed by atoms with Gasteiger partial charge in [0, 0.05) is 34.1 Å². The second-order valence-corrected chi connectivity index (χ2v) is 11.0. The molecule has 3 aromatic rings. The van der Waals surface area contributed by atoms with E-state index in [0.29, 0.717) is 22.2 Å². The molecule has 0 radical (unpaired) electrons. The van der Waals surface area contributed by atoms with Gasteiger partial charge in [0.25, 0.3) is 0 Å². The maximum absolute atomic E-state index is 12.4. The molecule has 2 aromatic carbocycles. The number of carbonyl (C=O) groups is 2. The normalized spacial score (nSPS) is 13.7. The quantitative estimate of drug-likeness (QED) is 0.362. The van der Waals surface area contributed by atoms with Crippen molar-refractivity contribution in [3.8, 4) is 16.9 Å². The number of fused-ring (bicyclic) bond motifs is 1. The van der Waals surface area contributed by atoms with Gasteiger partial charge in [-0.1, -0.05) is 44.5 Å². The van der Waals surface area contributed by atoms with Gasteiger partial charge >= 0.3 is 17.7 Å². The Kier molecular flexibility index (Phi) is 7.15. The lowest BCUT2D eigenvalue weighted by molar-refractivity contribution is -0.163. The number of hydrogen-bond donors (Lipinski definition) is 2. The molecule has 9 heteroatoms. The third-order valence-electron chi connectivity index (χ3n) is 5.80. The van der Waals surface area contributed by atoms with E-state index in [1.807, 2.05) is 0 Å². The van der Waals surface area contributed by atoms with Crippen LogP contribution >= 0.6 is 11.6 Å². The summed E-state index contributed by atoms with van der Waals surface area (Å²) in [6.45, 7) is 12.0. The molecular weight excluding hydrogens is 486 g/mol. The third-order valence-corrected chi connectivity index (χ3v) is 6.21. The first kappa shape index (κ1) is 27.1. The zero-order chi connectivity index (χ0) is 27.1. The first-order chi connectivity index (χ1) is 16.5. The number of aliphatic carboxylic acids is 1. The summed E-state index contributed by atoms with van der Waals surface area (Å²) in [5, 5.41) is 13.2. The van der Waals surface area contributed by atoms with Gasteiger partial charge in [-0.15, -0.1) is 0 Å². The minimum Gasteiger partial charge on any atom is -0.478 e. The number of amides is 1. The average molecular weight is 516 g/mol. The van der Waals surface area contributed by atoms with Gasteiger partial charge in [0.15, 0.2) is 0 Å². The van der Waals surface area contributed by atoms with E-state index in [1.54, 1.807) is 71.9 Å². The zero-order valence-electron chi connectivity index (χ0n) is 21.3. The van der Waals surface area contributed by atoms with Gasteiger partial charge in [-0.3, -0.25) is 5.32 Å². The van der Waals surface area contributed by atoms with Crippen LogP contribution < -0.4 is 15.7 Å². The van der Waals surface area contributed by atoms with Gasteiger partial charge in [0.1, 0.15) is 16.9 Å². The lowest BCUT2D eigenvalue weighted by Gasteiger charge is -2.38. The fourth-order valence-electron chi connectivity index (χ4n) is 3.43. The summed E-state index contributed by atoms with van der Waals surface area (Å²) in [4.78, 5) is 36.7. The van der Waals surface area contributed by atoms with Crippen molar-refractivity contribution < 1.29 is 28.6 Å². The largest absolute Gasteiger partial charge is 0.478 e. The maximum atomic E-state index is 12.4. The fraction of sp³-hybridized carbons (Fsp3) is 0.370. The fourth-order valence-corrected chi connectivity index (χ4v) is 3.71. The average Bonchev–Trinajstić information content (AvgIpc) is 2.72. The highest BCUT2D eigenvalue weighted by molar-refractivity contribution is 6.36. The summed E-state index contributed by atoms with van der Waals surface area (Å²) in [5.41, 5.74) is -2.12.